The van der Waals surface area contributed by atoms with E-state index in [1.165, 1.54) is 6.92 Å². The first-order chi connectivity index (χ1) is 23.0. The molecule has 0 aliphatic heterocycles. The highest BCUT2D eigenvalue weighted by atomic mass is 32.2. The standard InChI is InChI=1S/C33H53N5O9S/c1-25-9-11-30(12-10-25)48(43,44)38-37-27(3)28-7-4-8-29(24-28)36-32(41)14-13-31(40)34-15-5-17-45-19-21-47-22-20-46-18-6-16-35-33(42)23-26(2)39/h9-12,28-29,38H,4-8,13-24H2,1-3H3,(H,34,40)(H,35,42)(H,36,41)/b37-27+. The Hall–Kier alpha value is -3.40. The molecular formula is C33H53N5O9S. The van der Waals surface area contributed by atoms with E-state index < -0.39 is 10.0 Å². The molecule has 0 spiro atoms. The van der Waals surface area contributed by atoms with Crippen LogP contribution >= 0.6 is 0 Å². The first-order valence-electron chi connectivity index (χ1n) is 16.6. The van der Waals surface area contributed by atoms with Crippen LogP contribution in [0.25, 0.3) is 0 Å². The average molecular weight is 696 g/mol. The normalized spacial score (nSPS) is 16.6. The molecule has 4 N–H and O–H groups in total. The lowest BCUT2D eigenvalue weighted by molar-refractivity contribution is -0.127. The van der Waals surface area contributed by atoms with Crippen molar-refractivity contribution in [2.45, 2.75) is 89.5 Å². The van der Waals surface area contributed by atoms with Crippen LogP contribution in [0.2, 0.25) is 0 Å². The number of sulfonamides is 1. The third-order valence-corrected chi connectivity index (χ3v) is 8.84. The average Bonchev–Trinajstić information content (AvgIpc) is 3.04. The van der Waals surface area contributed by atoms with Crippen LogP contribution in [-0.4, -0.2) is 96.4 Å². The maximum absolute atomic E-state index is 12.6. The van der Waals surface area contributed by atoms with Crippen LogP contribution < -0.4 is 20.8 Å². The number of carbonyl (C=O) groups excluding carboxylic acids is 4. The molecule has 0 radical (unpaired) electrons. The predicted molar refractivity (Wildman–Crippen MR) is 181 cm³/mol. The summed E-state index contributed by atoms with van der Waals surface area (Å²) in [6.07, 6.45) is 4.59. The van der Waals surface area contributed by atoms with Gasteiger partial charge in [0.2, 0.25) is 17.7 Å². The van der Waals surface area contributed by atoms with Crippen LogP contribution in [0.5, 0.6) is 0 Å². The van der Waals surface area contributed by atoms with Crippen LogP contribution in [0, 0.1) is 12.8 Å². The van der Waals surface area contributed by atoms with Crippen molar-refractivity contribution in [1.82, 2.24) is 20.8 Å². The van der Waals surface area contributed by atoms with Gasteiger partial charge in [-0.25, -0.2) is 4.83 Å². The van der Waals surface area contributed by atoms with Crippen molar-refractivity contribution in [1.29, 1.82) is 0 Å². The number of ketones is 1. The third kappa shape index (κ3) is 18.2. The Kier molecular flexibility index (Phi) is 19.6. The van der Waals surface area contributed by atoms with Gasteiger partial charge in [0.1, 0.15) is 5.78 Å². The molecule has 48 heavy (non-hydrogen) atoms. The molecule has 3 amide bonds. The SMILES string of the molecule is CC(=O)CC(=O)NCCCOCCOCCOCCCNC(=O)CCC(=O)NC1CCCC(/C(C)=N/NS(=O)(=O)c2ccc(C)cc2)C1. The Morgan fingerprint density at radius 1 is 0.792 bits per heavy atom. The number of hydrazone groups is 1. The molecule has 2 rings (SSSR count). The molecular weight excluding hydrogens is 642 g/mol. The van der Waals surface area contributed by atoms with Crippen LogP contribution in [0.4, 0.5) is 0 Å². The Labute approximate surface area is 284 Å². The summed E-state index contributed by atoms with van der Waals surface area (Å²) in [5.41, 5.74) is 1.64. The van der Waals surface area contributed by atoms with Gasteiger partial charge in [-0.15, -0.1) is 0 Å². The zero-order chi connectivity index (χ0) is 35.2. The molecule has 270 valence electrons. The summed E-state index contributed by atoms with van der Waals surface area (Å²) in [6, 6.07) is 6.49. The Bertz CT molecular complexity index is 1290. The van der Waals surface area contributed by atoms with Gasteiger partial charge in [0.25, 0.3) is 10.0 Å². The lowest BCUT2D eigenvalue weighted by Gasteiger charge is -2.29. The number of amides is 3. The van der Waals surface area contributed by atoms with Gasteiger partial charge in [0, 0.05) is 56.8 Å². The van der Waals surface area contributed by atoms with Crippen molar-refractivity contribution < 1.29 is 41.8 Å². The molecule has 15 heteroatoms. The highest BCUT2D eigenvalue weighted by Crippen LogP contribution is 2.26. The lowest BCUT2D eigenvalue weighted by atomic mass is 9.83. The Morgan fingerprint density at radius 3 is 1.96 bits per heavy atom. The second-order valence-corrected chi connectivity index (χ2v) is 13.6. The van der Waals surface area contributed by atoms with E-state index in [0.29, 0.717) is 77.7 Å². The maximum Gasteiger partial charge on any atom is 0.276 e. The quantitative estimate of drug-likeness (QED) is 0.0543. The number of nitrogens with zero attached hydrogens (tertiary/aromatic N) is 1. The van der Waals surface area contributed by atoms with Crippen LogP contribution in [0.15, 0.2) is 34.3 Å². The molecule has 0 saturated heterocycles. The van der Waals surface area contributed by atoms with Crippen molar-refractivity contribution in [3.8, 4) is 0 Å². The number of rotatable bonds is 24. The highest BCUT2D eigenvalue weighted by molar-refractivity contribution is 7.89. The first kappa shape index (κ1) is 40.8. The molecule has 14 nitrogen and oxygen atoms in total. The van der Waals surface area contributed by atoms with Crippen molar-refractivity contribution in [2.24, 2.45) is 11.0 Å². The molecule has 1 aromatic carbocycles. The van der Waals surface area contributed by atoms with E-state index in [2.05, 4.69) is 25.9 Å². The lowest BCUT2D eigenvalue weighted by Crippen LogP contribution is -2.40. The molecule has 0 bridgehead atoms. The van der Waals surface area contributed by atoms with Gasteiger partial charge in [0.05, 0.1) is 37.7 Å². The number of carbonyl (C=O) groups is 4. The zero-order valence-corrected chi connectivity index (χ0v) is 29.3. The van der Waals surface area contributed by atoms with Crippen molar-refractivity contribution in [3.05, 3.63) is 29.8 Å². The second-order valence-electron chi connectivity index (χ2n) is 11.9. The van der Waals surface area contributed by atoms with Crippen LogP contribution in [0.1, 0.15) is 77.2 Å². The number of benzene rings is 1. The van der Waals surface area contributed by atoms with Gasteiger partial charge in [-0.2, -0.15) is 13.5 Å². The van der Waals surface area contributed by atoms with E-state index in [0.717, 1.165) is 24.8 Å². The van der Waals surface area contributed by atoms with E-state index >= 15 is 0 Å². The summed E-state index contributed by atoms with van der Waals surface area (Å²) in [5.74, 6) is -0.780. The fourth-order valence-corrected chi connectivity index (χ4v) is 5.81. The molecule has 1 aliphatic carbocycles. The third-order valence-electron chi connectivity index (χ3n) is 7.61. The minimum Gasteiger partial charge on any atom is -0.379 e. The van der Waals surface area contributed by atoms with Gasteiger partial charge in [-0.1, -0.05) is 24.1 Å². The maximum atomic E-state index is 12.6. The summed E-state index contributed by atoms with van der Waals surface area (Å²) in [6.45, 7) is 8.62. The topological polar surface area (TPSA) is 191 Å². The fraction of sp³-hybridized carbons (Fsp3) is 0.667. The fourth-order valence-electron chi connectivity index (χ4n) is 4.94. The molecule has 0 aromatic heterocycles. The minimum atomic E-state index is -3.76. The van der Waals surface area contributed by atoms with E-state index in [-0.39, 0.29) is 59.6 Å². The van der Waals surface area contributed by atoms with Crippen LogP contribution in [0.3, 0.4) is 0 Å². The van der Waals surface area contributed by atoms with E-state index in [1.54, 1.807) is 31.2 Å². The number of hydrogen-bond acceptors (Lipinski definition) is 10. The van der Waals surface area contributed by atoms with E-state index in [1.807, 2.05) is 6.92 Å². The molecule has 0 heterocycles. The van der Waals surface area contributed by atoms with Gasteiger partial charge in [0.15, 0.2) is 0 Å². The van der Waals surface area contributed by atoms with Gasteiger partial charge in [-0.3, -0.25) is 19.2 Å². The van der Waals surface area contributed by atoms with Crippen molar-refractivity contribution in [3.63, 3.8) is 0 Å². The summed E-state index contributed by atoms with van der Waals surface area (Å²) in [7, 11) is -3.76. The largest absolute Gasteiger partial charge is 0.379 e. The van der Waals surface area contributed by atoms with Gasteiger partial charge >= 0.3 is 0 Å². The highest BCUT2D eigenvalue weighted by Gasteiger charge is 2.26. The summed E-state index contributed by atoms with van der Waals surface area (Å²) in [5, 5.41) is 12.6. The molecule has 1 aromatic rings. The number of ether oxygens (including phenoxy) is 3. The Morgan fingerprint density at radius 2 is 1.35 bits per heavy atom. The van der Waals surface area contributed by atoms with E-state index in [4.69, 9.17) is 14.2 Å². The smallest absolute Gasteiger partial charge is 0.276 e. The second kappa shape index (κ2) is 23.0. The Balaban J connectivity index is 1.46. The number of Topliss-reactive ketones (excluding diaryl/α,β-unsaturated/α-hetero) is 1. The monoisotopic (exact) mass is 695 g/mol. The summed E-state index contributed by atoms with van der Waals surface area (Å²) in [4.78, 5) is 49.3. The zero-order valence-electron chi connectivity index (χ0n) is 28.5. The van der Waals surface area contributed by atoms with Crippen molar-refractivity contribution >= 4 is 39.2 Å². The molecule has 2 unspecified atom stereocenters. The molecule has 1 fully saturated rings. The van der Waals surface area contributed by atoms with Crippen molar-refractivity contribution in [2.75, 3.05) is 52.7 Å². The number of hydrogen-bond donors (Lipinski definition) is 4. The summed E-state index contributed by atoms with van der Waals surface area (Å²) >= 11 is 0. The summed E-state index contributed by atoms with van der Waals surface area (Å²) < 4.78 is 41.5. The molecule has 1 saturated carbocycles. The van der Waals surface area contributed by atoms with E-state index in [9.17, 15) is 27.6 Å². The number of nitrogens with one attached hydrogen (secondary N) is 4. The minimum absolute atomic E-state index is 0.0415. The molecule has 1 aliphatic rings. The number of aryl methyl sites for hydroxylation is 1. The predicted octanol–water partition coefficient (Wildman–Crippen LogP) is 2.15. The van der Waals surface area contributed by atoms with Crippen LogP contribution in [-0.2, 0) is 43.4 Å². The van der Waals surface area contributed by atoms with Gasteiger partial charge in [-0.05, 0) is 65.0 Å². The molecule has 2 atom stereocenters. The first-order valence-corrected chi connectivity index (χ1v) is 18.1. The van der Waals surface area contributed by atoms with Gasteiger partial charge < -0.3 is 30.2 Å².